The molecule has 0 radical (unpaired) electrons. The number of nitrogens with zero attached hydrogens (tertiary/aromatic N) is 3. The Labute approximate surface area is 173 Å². The number of ketones is 1. The molecule has 29 heavy (non-hydrogen) atoms. The van der Waals surface area contributed by atoms with Gasteiger partial charge in [0.1, 0.15) is 10.8 Å². The maximum Gasteiger partial charge on any atom is 0.283 e. The first-order chi connectivity index (χ1) is 14.0. The Morgan fingerprint density at radius 3 is 2.55 bits per heavy atom. The normalized spacial score (nSPS) is 14.0. The molecule has 0 aliphatic heterocycles. The number of carbonyl (C=O) groups excluding carboxylic acids is 1. The monoisotopic (exact) mass is 428 g/mol. The fraction of sp³-hybridized carbons (Fsp3) is 0.158. The summed E-state index contributed by atoms with van der Waals surface area (Å²) in [6.07, 6.45) is 5.22. The number of nitrogens with two attached hydrogens (primary N) is 1. The van der Waals surface area contributed by atoms with Crippen LogP contribution >= 0.6 is 22.7 Å². The minimum Gasteiger partial charge on any atom is -0.492 e. The average molecular weight is 428 g/mol. The fourth-order valence-corrected chi connectivity index (χ4v) is 4.56. The van der Waals surface area contributed by atoms with Crippen LogP contribution in [0.5, 0.6) is 0 Å². The fourth-order valence-electron chi connectivity index (χ4n) is 2.84. The molecule has 0 aromatic carbocycles. The Bertz CT molecular complexity index is 1220. The summed E-state index contributed by atoms with van der Waals surface area (Å²) in [6, 6.07) is 4.00. The van der Waals surface area contributed by atoms with Gasteiger partial charge >= 0.3 is 0 Å². The Morgan fingerprint density at radius 2 is 1.93 bits per heavy atom. The topological polar surface area (TPSA) is 109 Å². The third-order valence-corrected chi connectivity index (χ3v) is 6.02. The van der Waals surface area contributed by atoms with Crippen molar-refractivity contribution in [2.45, 2.75) is 6.42 Å². The zero-order valence-electron chi connectivity index (χ0n) is 15.5. The molecule has 0 bridgehead atoms. The van der Waals surface area contributed by atoms with E-state index in [0.29, 0.717) is 17.0 Å². The van der Waals surface area contributed by atoms with Crippen molar-refractivity contribution in [1.82, 2.24) is 14.6 Å². The largest absolute Gasteiger partial charge is 0.492 e. The molecule has 10 heteroatoms. The van der Waals surface area contributed by atoms with E-state index in [1.54, 1.807) is 17.4 Å². The first kappa shape index (κ1) is 19.1. The lowest BCUT2D eigenvalue weighted by atomic mass is 10.0. The molecule has 4 rings (SSSR count). The molecule has 148 valence electrons. The quantitative estimate of drug-likeness (QED) is 0.665. The minimum atomic E-state index is -0.474. The highest BCUT2D eigenvalue weighted by atomic mass is 32.1. The number of nitrogen functional groups attached to an aromatic ring is 1. The van der Waals surface area contributed by atoms with Gasteiger partial charge in [0.25, 0.3) is 11.3 Å². The Kier molecular flexibility index (Phi) is 5.03. The summed E-state index contributed by atoms with van der Waals surface area (Å²) in [4.78, 5) is 30.4. The van der Waals surface area contributed by atoms with Gasteiger partial charge < -0.3 is 15.2 Å². The number of Topliss-reactive ketones (excluding diaryl/α,β-unsaturated/α-hetero) is 1. The second-order valence-corrected chi connectivity index (χ2v) is 8.13. The standard InChI is InChI=1S/C19H16N4O4S2/c1-26-13-7-10(8-14(27-2)16(13)24)6-12-17(20)23-19(21-18(12)25)29-15(22-23)9-11-4-3-5-28-11/h3-8H,9,20H2,1-2H3. The summed E-state index contributed by atoms with van der Waals surface area (Å²) in [5.74, 6) is 0.0198. The number of methoxy groups -OCH3 is 2. The lowest BCUT2D eigenvalue weighted by Gasteiger charge is -2.13. The molecule has 0 unspecified atom stereocenters. The molecule has 0 spiro atoms. The van der Waals surface area contributed by atoms with Crippen molar-refractivity contribution in [1.29, 1.82) is 0 Å². The second-order valence-electron chi connectivity index (χ2n) is 6.06. The predicted octanol–water partition coefficient (Wildman–Crippen LogP) is 2.41. The Hall–Kier alpha value is -3.24. The van der Waals surface area contributed by atoms with Crippen LogP contribution in [-0.2, 0) is 20.7 Å². The molecule has 0 fully saturated rings. The van der Waals surface area contributed by atoms with Crippen molar-refractivity contribution in [2.75, 3.05) is 20.0 Å². The van der Waals surface area contributed by atoms with Crippen LogP contribution in [0, 0.1) is 0 Å². The number of fused-ring (bicyclic) bond motifs is 1. The van der Waals surface area contributed by atoms with Crippen molar-refractivity contribution in [3.63, 3.8) is 0 Å². The maximum absolute atomic E-state index is 12.6. The molecule has 1 aliphatic carbocycles. The number of thiophene rings is 1. The van der Waals surface area contributed by atoms with Crippen LogP contribution in [0.3, 0.4) is 0 Å². The molecule has 8 nitrogen and oxygen atoms in total. The third-order valence-electron chi connectivity index (χ3n) is 4.23. The Morgan fingerprint density at radius 1 is 1.21 bits per heavy atom. The van der Waals surface area contributed by atoms with E-state index in [-0.39, 0.29) is 28.7 Å². The van der Waals surface area contributed by atoms with E-state index >= 15 is 0 Å². The number of hydrogen-bond acceptors (Lipinski definition) is 9. The van der Waals surface area contributed by atoms with Crippen LogP contribution in [0.2, 0.25) is 0 Å². The third kappa shape index (κ3) is 3.59. The summed E-state index contributed by atoms with van der Waals surface area (Å²) in [5.41, 5.74) is 6.47. The summed E-state index contributed by atoms with van der Waals surface area (Å²) in [7, 11) is 2.78. The average Bonchev–Trinajstić information content (AvgIpc) is 3.36. The highest BCUT2D eigenvalue weighted by molar-refractivity contribution is 7.17. The van der Waals surface area contributed by atoms with E-state index in [0.717, 1.165) is 9.88 Å². The van der Waals surface area contributed by atoms with E-state index in [9.17, 15) is 9.59 Å². The number of aromatic nitrogens is 3. The maximum atomic E-state index is 12.6. The van der Waals surface area contributed by atoms with E-state index in [1.165, 1.54) is 42.2 Å². The lowest BCUT2D eigenvalue weighted by Crippen LogP contribution is -2.17. The lowest BCUT2D eigenvalue weighted by molar-refractivity contribution is -0.117. The Balaban J connectivity index is 1.79. The van der Waals surface area contributed by atoms with Crippen molar-refractivity contribution in [3.8, 4) is 0 Å². The first-order valence-electron chi connectivity index (χ1n) is 8.48. The van der Waals surface area contributed by atoms with Crippen LogP contribution in [0.15, 0.2) is 51.6 Å². The van der Waals surface area contributed by atoms with E-state index in [4.69, 9.17) is 15.2 Å². The van der Waals surface area contributed by atoms with Gasteiger partial charge in [-0.1, -0.05) is 17.4 Å². The van der Waals surface area contributed by atoms with Gasteiger partial charge in [-0.15, -0.1) is 11.3 Å². The van der Waals surface area contributed by atoms with E-state index in [1.807, 2.05) is 17.5 Å². The van der Waals surface area contributed by atoms with Gasteiger partial charge in [-0.05, 0) is 35.2 Å². The van der Waals surface area contributed by atoms with Gasteiger partial charge in [0.05, 0.1) is 19.8 Å². The summed E-state index contributed by atoms with van der Waals surface area (Å²) in [6.45, 7) is 0. The van der Waals surface area contributed by atoms with E-state index in [2.05, 4.69) is 10.1 Å². The van der Waals surface area contributed by atoms with Gasteiger partial charge in [-0.3, -0.25) is 9.59 Å². The highest BCUT2D eigenvalue weighted by Crippen LogP contribution is 2.25. The van der Waals surface area contributed by atoms with Crippen molar-refractivity contribution in [3.05, 3.63) is 72.6 Å². The molecule has 0 amide bonds. The molecule has 1 aliphatic rings. The van der Waals surface area contributed by atoms with Crippen LogP contribution in [0.25, 0.3) is 11.0 Å². The molecular formula is C19H16N4O4S2. The summed E-state index contributed by atoms with van der Waals surface area (Å²) in [5, 5.41) is 7.32. The molecule has 3 aromatic heterocycles. The molecule has 0 saturated heterocycles. The van der Waals surface area contributed by atoms with Crippen molar-refractivity contribution in [2.24, 2.45) is 0 Å². The number of ether oxygens (including phenoxy) is 2. The number of anilines is 1. The SMILES string of the molecule is COC1=CC(=Cc2c(N)n3nc(Cc4cccs4)sc3nc2=O)C=C(OC)C1=O. The van der Waals surface area contributed by atoms with Crippen LogP contribution in [0.1, 0.15) is 15.4 Å². The minimum absolute atomic E-state index is 0.107. The zero-order chi connectivity index (χ0) is 20.5. The van der Waals surface area contributed by atoms with Gasteiger partial charge in [-0.25, -0.2) is 0 Å². The molecular weight excluding hydrogens is 412 g/mol. The van der Waals surface area contributed by atoms with Crippen molar-refractivity contribution < 1.29 is 14.3 Å². The molecule has 2 N–H and O–H groups in total. The van der Waals surface area contributed by atoms with Crippen molar-refractivity contribution >= 4 is 45.3 Å². The molecule has 0 saturated carbocycles. The number of rotatable bonds is 5. The summed E-state index contributed by atoms with van der Waals surface area (Å²) >= 11 is 2.96. The second kappa shape index (κ2) is 7.64. The molecule has 0 atom stereocenters. The number of allylic oxidation sites excluding steroid dienone is 3. The van der Waals surface area contributed by atoms with Gasteiger partial charge in [-0.2, -0.15) is 14.6 Å². The van der Waals surface area contributed by atoms with Crippen LogP contribution in [-0.4, -0.2) is 34.6 Å². The van der Waals surface area contributed by atoms with Gasteiger partial charge in [0.15, 0.2) is 11.5 Å². The van der Waals surface area contributed by atoms with Gasteiger partial charge in [0, 0.05) is 11.3 Å². The first-order valence-corrected chi connectivity index (χ1v) is 10.2. The molecule has 3 heterocycles. The van der Waals surface area contributed by atoms with E-state index < -0.39 is 5.56 Å². The predicted molar refractivity (Wildman–Crippen MR) is 112 cm³/mol. The zero-order valence-corrected chi connectivity index (χ0v) is 17.2. The molecule has 3 aromatic rings. The number of carbonyl (C=O) groups is 1. The smallest absolute Gasteiger partial charge is 0.283 e. The highest BCUT2D eigenvalue weighted by Gasteiger charge is 2.22. The summed E-state index contributed by atoms with van der Waals surface area (Å²) < 4.78 is 11.7. The van der Waals surface area contributed by atoms with Gasteiger partial charge in [0.2, 0.25) is 4.96 Å². The van der Waals surface area contributed by atoms with Crippen LogP contribution < -0.4 is 11.3 Å². The number of hydrogen-bond donors (Lipinski definition) is 1. The van der Waals surface area contributed by atoms with Crippen LogP contribution in [0.4, 0.5) is 5.82 Å².